The molecule has 0 fully saturated rings. The Bertz CT molecular complexity index is 767. The predicted octanol–water partition coefficient (Wildman–Crippen LogP) is 2.45. The minimum absolute atomic E-state index is 0.00114. The van der Waals surface area contributed by atoms with Crippen LogP contribution in [-0.2, 0) is 4.79 Å². The van der Waals surface area contributed by atoms with E-state index < -0.39 is 5.91 Å². The molecule has 116 valence electrons. The molecule has 0 atom stereocenters. The lowest BCUT2D eigenvalue weighted by atomic mass is 10.2. The number of nitrogens with zero attached hydrogens (tertiary/aromatic N) is 2. The maximum Gasteiger partial charge on any atom is 0.277 e. The van der Waals surface area contributed by atoms with Gasteiger partial charge in [-0.15, -0.1) is 0 Å². The van der Waals surface area contributed by atoms with Gasteiger partial charge in [-0.25, -0.2) is 5.43 Å². The van der Waals surface area contributed by atoms with Gasteiger partial charge < -0.3 is 9.84 Å². The summed E-state index contributed by atoms with van der Waals surface area (Å²) in [6.07, 6.45) is 1.28. The average Bonchev–Trinajstić information content (AvgIpc) is 2.56. The topological polar surface area (TPSA) is 94.7 Å². The number of amides is 1. The number of hydrogen-bond acceptors (Lipinski definition) is 5. The van der Waals surface area contributed by atoms with Gasteiger partial charge in [0.25, 0.3) is 5.91 Å². The normalized spacial score (nSPS) is 10.3. The number of rotatable bonds is 5. The van der Waals surface area contributed by atoms with Gasteiger partial charge in [-0.2, -0.15) is 10.4 Å². The standard InChI is InChI=1S/C16H12ClN3O3/c17-13-3-6-15(21)12(7-13)9-19-20-16(22)10-23-14-4-1-11(8-18)2-5-14/h1-7,9,21H,10H2,(H,20,22)/b19-9+. The first-order valence-electron chi connectivity index (χ1n) is 6.52. The lowest BCUT2D eigenvalue weighted by Crippen LogP contribution is -2.24. The second kappa shape index (κ2) is 7.82. The Kier molecular flexibility index (Phi) is 5.56. The zero-order valence-corrected chi connectivity index (χ0v) is 12.6. The number of benzene rings is 2. The molecular formula is C16H12ClN3O3. The number of aromatic hydroxyl groups is 1. The average molecular weight is 330 g/mol. The van der Waals surface area contributed by atoms with Crippen molar-refractivity contribution in [1.29, 1.82) is 5.26 Å². The van der Waals surface area contributed by atoms with Crippen molar-refractivity contribution in [3.8, 4) is 17.6 Å². The van der Waals surface area contributed by atoms with Crippen LogP contribution in [0.5, 0.6) is 11.5 Å². The predicted molar refractivity (Wildman–Crippen MR) is 85.5 cm³/mol. The second-order valence-corrected chi connectivity index (χ2v) is 4.86. The van der Waals surface area contributed by atoms with Crippen molar-refractivity contribution in [1.82, 2.24) is 5.43 Å². The van der Waals surface area contributed by atoms with Gasteiger partial charge in [-0.1, -0.05) is 11.6 Å². The van der Waals surface area contributed by atoms with Gasteiger partial charge >= 0.3 is 0 Å². The highest BCUT2D eigenvalue weighted by Gasteiger charge is 2.02. The van der Waals surface area contributed by atoms with Crippen molar-refractivity contribution in [3.63, 3.8) is 0 Å². The van der Waals surface area contributed by atoms with Gasteiger partial charge in [0.15, 0.2) is 6.61 Å². The number of phenolic OH excluding ortho intramolecular Hbond substituents is 1. The second-order valence-electron chi connectivity index (χ2n) is 4.42. The number of hydrazone groups is 1. The van der Waals surface area contributed by atoms with E-state index in [2.05, 4.69) is 10.5 Å². The van der Waals surface area contributed by atoms with Crippen LogP contribution < -0.4 is 10.2 Å². The van der Waals surface area contributed by atoms with E-state index in [1.165, 1.54) is 24.4 Å². The molecule has 0 saturated carbocycles. The van der Waals surface area contributed by atoms with Crippen LogP contribution in [0.2, 0.25) is 5.02 Å². The molecule has 0 aliphatic rings. The summed E-state index contributed by atoms with van der Waals surface area (Å²) in [6.45, 7) is -0.231. The van der Waals surface area contributed by atoms with E-state index in [4.69, 9.17) is 21.6 Å². The Balaban J connectivity index is 1.84. The third kappa shape index (κ3) is 5.02. The monoisotopic (exact) mass is 329 g/mol. The summed E-state index contributed by atoms with van der Waals surface area (Å²) in [7, 11) is 0. The lowest BCUT2D eigenvalue weighted by molar-refractivity contribution is -0.123. The lowest BCUT2D eigenvalue weighted by Gasteiger charge is -2.04. The van der Waals surface area contributed by atoms with E-state index in [9.17, 15) is 9.90 Å². The minimum atomic E-state index is -0.466. The SMILES string of the molecule is N#Cc1ccc(OCC(=O)N/N=C/c2cc(Cl)ccc2O)cc1. The van der Waals surface area contributed by atoms with E-state index in [0.29, 0.717) is 21.9 Å². The number of carbonyl (C=O) groups excluding carboxylic acids is 1. The van der Waals surface area contributed by atoms with E-state index in [1.807, 2.05) is 6.07 Å². The summed E-state index contributed by atoms with van der Waals surface area (Å²) in [4.78, 5) is 11.6. The molecule has 2 aromatic rings. The van der Waals surface area contributed by atoms with Crippen molar-refractivity contribution >= 4 is 23.7 Å². The smallest absolute Gasteiger partial charge is 0.277 e. The van der Waals surface area contributed by atoms with Crippen molar-refractivity contribution in [2.24, 2.45) is 5.10 Å². The number of hydrogen-bond donors (Lipinski definition) is 2. The minimum Gasteiger partial charge on any atom is -0.507 e. The fourth-order valence-corrected chi connectivity index (χ4v) is 1.79. The maximum absolute atomic E-state index is 11.6. The van der Waals surface area contributed by atoms with Gasteiger partial charge in [0.05, 0.1) is 17.8 Å². The maximum atomic E-state index is 11.6. The number of phenols is 1. The Hall–Kier alpha value is -3.04. The summed E-state index contributed by atoms with van der Waals surface area (Å²) in [6, 6.07) is 12.8. The van der Waals surface area contributed by atoms with Crippen molar-refractivity contribution in [3.05, 3.63) is 58.6 Å². The first-order chi connectivity index (χ1) is 11.1. The molecule has 7 heteroatoms. The summed E-state index contributed by atoms with van der Waals surface area (Å²) in [5.41, 5.74) is 3.16. The van der Waals surface area contributed by atoms with Crippen LogP contribution in [0, 0.1) is 11.3 Å². The zero-order valence-electron chi connectivity index (χ0n) is 11.9. The van der Waals surface area contributed by atoms with Gasteiger partial charge in [0, 0.05) is 10.6 Å². The molecule has 0 aromatic heterocycles. The molecule has 2 aromatic carbocycles. The van der Waals surface area contributed by atoms with Crippen molar-refractivity contribution in [2.45, 2.75) is 0 Å². The van der Waals surface area contributed by atoms with E-state index in [1.54, 1.807) is 24.3 Å². The summed E-state index contributed by atoms with van der Waals surface area (Å²) in [5.74, 6) is 0.00368. The molecule has 0 aliphatic carbocycles. The Morgan fingerprint density at radius 2 is 2.09 bits per heavy atom. The molecule has 0 aliphatic heterocycles. The molecule has 0 heterocycles. The van der Waals surface area contributed by atoms with Crippen LogP contribution in [0.3, 0.4) is 0 Å². The molecule has 6 nitrogen and oxygen atoms in total. The Morgan fingerprint density at radius 1 is 1.35 bits per heavy atom. The molecule has 2 rings (SSSR count). The van der Waals surface area contributed by atoms with Crippen LogP contribution in [-0.4, -0.2) is 23.8 Å². The highest BCUT2D eigenvalue weighted by molar-refractivity contribution is 6.30. The molecule has 2 N–H and O–H groups in total. The number of ether oxygens (including phenoxy) is 1. The van der Waals surface area contributed by atoms with Crippen LogP contribution in [0.1, 0.15) is 11.1 Å². The van der Waals surface area contributed by atoms with Crippen LogP contribution in [0.15, 0.2) is 47.6 Å². The molecule has 0 unspecified atom stereocenters. The first-order valence-corrected chi connectivity index (χ1v) is 6.89. The zero-order chi connectivity index (χ0) is 16.7. The van der Waals surface area contributed by atoms with Crippen LogP contribution in [0.4, 0.5) is 0 Å². The quantitative estimate of drug-likeness (QED) is 0.650. The molecular weight excluding hydrogens is 318 g/mol. The van der Waals surface area contributed by atoms with Crippen molar-refractivity contribution in [2.75, 3.05) is 6.61 Å². The number of nitriles is 1. The summed E-state index contributed by atoms with van der Waals surface area (Å²) in [5, 5.41) is 22.4. The highest BCUT2D eigenvalue weighted by atomic mass is 35.5. The van der Waals surface area contributed by atoms with Crippen LogP contribution >= 0.6 is 11.6 Å². The third-order valence-electron chi connectivity index (χ3n) is 2.74. The number of carbonyl (C=O) groups is 1. The van der Waals surface area contributed by atoms with E-state index in [-0.39, 0.29) is 12.4 Å². The molecule has 0 saturated heterocycles. The fourth-order valence-electron chi connectivity index (χ4n) is 1.61. The Morgan fingerprint density at radius 3 is 2.78 bits per heavy atom. The third-order valence-corrected chi connectivity index (χ3v) is 2.97. The fraction of sp³-hybridized carbons (Fsp3) is 0.0625. The number of halogens is 1. The van der Waals surface area contributed by atoms with E-state index >= 15 is 0 Å². The van der Waals surface area contributed by atoms with Crippen LogP contribution in [0.25, 0.3) is 0 Å². The molecule has 0 spiro atoms. The van der Waals surface area contributed by atoms with Gasteiger partial charge in [0.1, 0.15) is 11.5 Å². The first kappa shape index (κ1) is 16.3. The summed E-state index contributed by atoms with van der Waals surface area (Å²) >= 11 is 5.80. The van der Waals surface area contributed by atoms with Gasteiger partial charge in [0.2, 0.25) is 0 Å². The van der Waals surface area contributed by atoms with Gasteiger partial charge in [-0.05, 0) is 42.5 Å². The Labute approximate surface area is 137 Å². The molecule has 0 bridgehead atoms. The highest BCUT2D eigenvalue weighted by Crippen LogP contribution is 2.19. The largest absolute Gasteiger partial charge is 0.507 e. The molecule has 1 amide bonds. The van der Waals surface area contributed by atoms with E-state index in [0.717, 1.165) is 0 Å². The molecule has 23 heavy (non-hydrogen) atoms. The van der Waals surface area contributed by atoms with Crippen molar-refractivity contribution < 1.29 is 14.6 Å². The van der Waals surface area contributed by atoms with Gasteiger partial charge in [-0.3, -0.25) is 4.79 Å². The number of nitrogens with one attached hydrogen (secondary N) is 1. The summed E-state index contributed by atoms with van der Waals surface area (Å²) < 4.78 is 5.25. The molecule has 0 radical (unpaired) electrons.